The fourth-order valence-electron chi connectivity index (χ4n) is 6.11. The smallest absolute Gasteiger partial charge is 0.314 e. The van der Waals surface area contributed by atoms with E-state index in [9.17, 15) is 24.3 Å². The van der Waals surface area contributed by atoms with Crippen molar-refractivity contribution in [2.75, 3.05) is 6.54 Å². The molecule has 1 unspecified atom stereocenters. The third-order valence-electron chi connectivity index (χ3n) is 9.57. The van der Waals surface area contributed by atoms with Crippen LogP contribution in [0.15, 0.2) is 60.7 Å². The largest absolute Gasteiger partial charge is 0.456 e. The quantitative estimate of drug-likeness (QED) is 0.0459. The number of carbonyl (C=O) groups is 4. The molecule has 0 saturated carbocycles. The molecule has 50 heavy (non-hydrogen) atoms. The van der Waals surface area contributed by atoms with Crippen LogP contribution in [0.1, 0.15) is 94.8 Å². The molecule has 3 rings (SSSR count). The number of epoxide rings is 1. The van der Waals surface area contributed by atoms with Crippen LogP contribution in [0.5, 0.6) is 0 Å². The molecule has 274 valence electrons. The molecule has 2 amide bonds. The first-order valence-corrected chi connectivity index (χ1v) is 17.8. The molecule has 0 radical (unpaired) electrons. The minimum Gasteiger partial charge on any atom is -0.456 e. The van der Waals surface area contributed by atoms with Crippen molar-refractivity contribution < 1.29 is 38.5 Å². The van der Waals surface area contributed by atoms with Gasteiger partial charge in [0.25, 0.3) is 0 Å². The molecule has 2 aromatic rings. The maximum absolute atomic E-state index is 13.9. The second-order valence-electron chi connectivity index (χ2n) is 13.8. The summed E-state index contributed by atoms with van der Waals surface area (Å²) in [6, 6.07) is 14.9. The number of nitrogens with one attached hydrogen (secondary N) is 1. The molecular formula is C39H53ClN2O8. The Hall–Kier alpha value is -3.57. The summed E-state index contributed by atoms with van der Waals surface area (Å²) in [7, 11) is 0. The minimum atomic E-state index is -1.47. The molecule has 0 aliphatic carbocycles. The third-order valence-corrected chi connectivity index (χ3v) is 9.90. The van der Waals surface area contributed by atoms with Crippen molar-refractivity contribution in [1.29, 1.82) is 0 Å². The van der Waals surface area contributed by atoms with E-state index < -0.39 is 41.7 Å². The first-order chi connectivity index (χ1) is 23.7. The Morgan fingerprint density at radius 3 is 2.32 bits per heavy atom. The van der Waals surface area contributed by atoms with Crippen molar-refractivity contribution in [1.82, 2.24) is 5.32 Å². The lowest BCUT2D eigenvalue weighted by atomic mass is 9.82. The van der Waals surface area contributed by atoms with Crippen molar-refractivity contribution in [2.24, 2.45) is 28.9 Å². The van der Waals surface area contributed by atoms with Gasteiger partial charge in [0.15, 0.2) is 18.7 Å². The predicted octanol–water partition coefficient (Wildman–Crippen LogP) is 6.12. The van der Waals surface area contributed by atoms with Gasteiger partial charge in [0.2, 0.25) is 11.8 Å². The van der Waals surface area contributed by atoms with Crippen molar-refractivity contribution in [3.05, 3.63) is 82.4 Å². The number of hydrogen-bond acceptors (Lipinski definition) is 8. The van der Waals surface area contributed by atoms with Crippen molar-refractivity contribution >= 4 is 35.7 Å². The van der Waals surface area contributed by atoms with Crippen LogP contribution in [0.2, 0.25) is 5.02 Å². The number of rotatable bonds is 21. The van der Waals surface area contributed by atoms with Gasteiger partial charge in [-0.1, -0.05) is 95.6 Å². The molecule has 1 heterocycles. The molecule has 1 aliphatic heterocycles. The number of nitrogens with two attached hydrogens (primary N) is 1. The Bertz CT molecular complexity index is 1460. The fraction of sp³-hybridized carbons (Fsp3) is 0.538. The van der Waals surface area contributed by atoms with Gasteiger partial charge >= 0.3 is 5.97 Å². The zero-order valence-electron chi connectivity index (χ0n) is 30.0. The Morgan fingerprint density at radius 1 is 1.06 bits per heavy atom. The standard InChI is InChI=1S/C39H53ClN2O8/c1-7-39(8-2,23-42-36(45)25(5)20-27-17-18-29(22-43)30(40)21-27)38(47)49-32(19-24(3)4)37(46)48-31(15-12-16-33(41)44)26(6)34-35(50-34)28-13-10-9-11-14-28/h9-14,16-18,21-22,24-26,31-32,34-35,37,46H,7-8,15,19-20,23H2,1-6H3,(H2,41,44)(H,42,45)/b16-12+/t25-,26+,31+,32+,34-,35-,37?/m1/s1. The van der Waals surface area contributed by atoms with Gasteiger partial charge in [0.05, 0.1) is 22.6 Å². The number of carbonyl (C=O) groups excluding carboxylic acids is 4. The average Bonchev–Trinajstić information content (AvgIpc) is 3.89. The number of aliphatic hydroxyl groups is 1. The molecule has 1 aliphatic rings. The van der Waals surface area contributed by atoms with E-state index in [0.29, 0.717) is 42.6 Å². The minimum absolute atomic E-state index is 0.0512. The van der Waals surface area contributed by atoms with Crippen LogP contribution in [0.3, 0.4) is 0 Å². The Labute approximate surface area is 301 Å². The Kier molecular flexibility index (Phi) is 15.6. The lowest BCUT2D eigenvalue weighted by Crippen LogP contribution is -2.48. The zero-order valence-corrected chi connectivity index (χ0v) is 30.7. The third kappa shape index (κ3) is 11.5. The Balaban J connectivity index is 1.71. The SMILES string of the molecule is CCC(CC)(CNC(=O)[C@H](C)Cc1ccc(C=O)c(Cl)c1)C(=O)O[C@@H](CC(C)C)C(O)O[C@@H](C/C=C/C(N)=O)[C@H](C)[C@H]1O[C@@H]1c1ccccc1. The monoisotopic (exact) mass is 712 g/mol. The van der Waals surface area contributed by atoms with Crippen LogP contribution in [0, 0.1) is 23.2 Å². The van der Waals surface area contributed by atoms with Crippen molar-refractivity contribution in [3.63, 3.8) is 0 Å². The predicted molar refractivity (Wildman–Crippen MR) is 192 cm³/mol. The zero-order chi connectivity index (χ0) is 37.0. The highest BCUT2D eigenvalue weighted by atomic mass is 35.5. The van der Waals surface area contributed by atoms with E-state index in [1.807, 2.05) is 65.0 Å². The normalized spacial score (nSPS) is 19.0. The summed E-state index contributed by atoms with van der Waals surface area (Å²) < 4.78 is 18.3. The number of amides is 2. The van der Waals surface area contributed by atoms with Gasteiger partial charge in [-0.05, 0) is 67.4 Å². The molecule has 1 fully saturated rings. The highest BCUT2D eigenvalue weighted by Crippen LogP contribution is 2.45. The molecule has 7 atom stereocenters. The van der Waals surface area contributed by atoms with Crippen LogP contribution in [0.25, 0.3) is 0 Å². The summed E-state index contributed by atoms with van der Waals surface area (Å²) in [5.74, 6) is -1.93. The second-order valence-corrected chi connectivity index (χ2v) is 14.2. The van der Waals surface area contributed by atoms with Crippen LogP contribution < -0.4 is 11.1 Å². The fourth-order valence-corrected chi connectivity index (χ4v) is 6.35. The summed E-state index contributed by atoms with van der Waals surface area (Å²) in [4.78, 5) is 49.6. The molecule has 4 N–H and O–H groups in total. The van der Waals surface area contributed by atoms with E-state index in [2.05, 4.69) is 5.32 Å². The van der Waals surface area contributed by atoms with Gasteiger partial charge in [0.1, 0.15) is 6.10 Å². The van der Waals surface area contributed by atoms with E-state index in [1.54, 1.807) is 31.2 Å². The lowest BCUT2D eigenvalue weighted by Gasteiger charge is -2.35. The van der Waals surface area contributed by atoms with E-state index in [0.717, 1.165) is 11.1 Å². The number of halogens is 1. The molecule has 11 heteroatoms. The van der Waals surface area contributed by atoms with E-state index in [-0.39, 0.29) is 42.9 Å². The van der Waals surface area contributed by atoms with Crippen LogP contribution in [0.4, 0.5) is 0 Å². The first kappa shape index (κ1) is 40.9. The van der Waals surface area contributed by atoms with E-state index in [1.165, 1.54) is 6.08 Å². The number of primary amides is 1. The van der Waals surface area contributed by atoms with Gasteiger partial charge in [-0.15, -0.1) is 0 Å². The number of aldehydes is 1. The summed E-state index contributed by atoms with van der Waals surface area (Å²) in [5.41, 5.74) is 6.51. The molecule has 2 aromatic carbocycles. The number of esters is 1. The summed E-state index contributed by atoms with van der Waals surface area (Å²) in [6.07, 6.45) is 1.99. The van der Waals surface area contributed by atoms with Gasteiger partial charge in [-0.3, -0.25) is 19.2 Å². The number of benzene rings is 2. The van der Waals surface area contributed by atoms with Gasteiger partial charge < -0.3 is 30.4 Å². The van der Waals surface area contributed by atoms with Crippen LogP contribution in [-0.2, 0) is 35.0 Å². The number of ether oxygens (including phenoxy) is 3. The Morgan fingerprint density at radius 2 is 1.74 bits per heavy atom. The van der Waals surface area contributed by atoms with Crippen molar-refractivity contribution in [2.45, 2.75) is 104 Å². The van der Waals surface area contributed by atoms with Gasteiger partial charge in [0, 0.05) is 23.9 Å². The molecule has 0 spiro atoms. The number of aliphatic hydroxyl groups excluding tert-OH is 1. The highest BCUT2D eigenvalue weighted by molar-refractivity contribution is 6.33. The summed E-state index contributed by atoms with van der Waals surface area (Å²) in [6.45, 7) is 11.4. The maximum Gasteiger partial charge on any atom is 0.314 e. The maximum atomic E-state index is 13.9. The summed E-state index contributed by atoms with van der Waals surface area (Å²) in [5, 5.41) is 14.7. The molecule has 0 bridgehead atoms. The molecule has 10 nitrogen and oxygen atoms in total. The van der Waals surface area contributed by atoms with Crippen molar-refractivity contribution in [3.8, 4) is 0 Å². The average molecular weight is 713 g/mol. The van der Waals surface area contributed by atoms with Crippen LogP contribution in [-0.4, -0.2) is 60.3 Å². The second kappa shape index (κ2) is 19.2. The topological polar surface area (TPSA) is 158 Å². The van der Waals surface area contributed by atoms with E-state index >= 15 is 0 Å². The highest BCUT2D eigenvalue weighted by Gasteiger charge is 2.47. The molecule has 1 saturated heterocycles. The van der Waals surface area contributed by atoms with E-state index in [4.69, 9.17) is 31.5 Å². The lowest BCUT2D eigenvalue weighted by molar-refractivity contribution is -0.220. The first-order valence-electron chi connectivity index (χ1n) is 17.5. The van der Waals surface area contributed by atoms with Gasteiger partial charge in [-0.25, -0.2) is 0 Å². The van der Waals surface area contributed by atoms with Crippen LogP contribution >= 0.6 is 11.6 Å². The molecule has 0 aromatic heterocycles. The number of hydrogen-bond donors (Lipinski definition) is 3. The molecular weight excluding hydrogens is 660 g/mol. The summed E-state index contributed by atoms with van der Waals surface area (Å²) >= 11 is 6.17. The van der Waals surface area contributed by atoms with Gasteiger partial charge in [-0.2, -0.15) is 0 Å².